The van der Waals surface area contributed by atoms with E-state index in [4.69, 9.17) is 14.2 Å². The fourth-order valence-electron chi connectivity index (χ4n) is 3.22. The second-order valence-electron chi connectivity index (χ2n) is 6.99. The predicted molar refractivity (Wildman–Crippen MR) is 119 cm³/mol. The van der Waals surface area contributed by atoms with Crippen LogP contribution >= 0.6 is 0 Å². The fraction of sp³-hybridized carbons (Fsp3) is 0.120. The summed E-state index contributed by atoms with van der Waals surface area (Å²) in [5, 5.41) is 5.57. The first kappa shape index (κ1) is 21.0. The van der Waals surface area contributed by atoms with Gasteiger partial charge in [0.25, 0.3) is 11.8 Å². The summed E-state index contributed by atoms with van der Waals surface area (Å²) in [6.07, 6.45) is 1.59. The van der Waals surface area contributed by atoms with Gasteiger partial charge in [0.15, 0.2) is 11.5 Å². The number of amides is 2. The van der Waals surface area contributed by atoms with Gasteiger partial charge in [0.05, 0.1) is 12.7 Å². The summed E-state index contributed by atoms with van der Waals surface area (Å²) in [5.41, 5.74) is 2.04. The van der Waals surface area contributed by atoms with E-state index in [0.717, 1.165) is 5.56 Å². The lowest BCUT2D eigenvalue weighted by Gasteiger charge is -2.13. The maximum Gasteiger partial charge on any atom is 0.268 e. The Morgan fingerprint density at radius 2 is 1.72 bits per heavy atom. The van der Waals surface area contributed by atoms with Crippen LogP contribution in [0.25, 0.3) is 6.08 Å². The van der Waals surface area contributed by atoms with Crippen molar-refractivity contribution in [2.75, 3.05) is 13.9 Å². The maximum atomic E-state index is 13.0. The van der Waals surface area contributed by atoms with Crippen molar-refractivity contribution in [3.05, 3.63) is 95.2 Å². The summed E-state index contributed by atoms with van der Waals surface area (Å²) < 4.78 is 16.0. The van der Waals surface area contributed by atoms with Crippen LogP contribution in [0.5, 0.6) is 17.2 Å². The maximum absolute atomic E-state index is 13.0. The van der Waals surface area contributed by atoms with Gasteiger partial charge in [-0.1, -0.05) is 48.5 Å². The van der Waals surface area contributed by atoms with Crippen LogP contribution in [0.1, 0.15) is 21.5 Å². The Balaban J connectivity index is 1.59. The highest BCUT2D eigenvalue weighted by Gasteiger charge is 2.18. The molecule has 0 spiro atoms. The average molecular weight is 430 g/mol. The summed E-state index contributed by atoms with van der Waals surface area (Å²) in [4.78, 5) is 25.9. The molecule has 0 saturated heterocycles. The second-order valence-corrected chi connectivity index (χ2v) is 6.99. The Hall–Kier alpha value is -4.26. The lowest BCUT2D eigenvalue weighted by atomic mass is 10.1. The molecule has 7 heteroatoms. The van der Waals surface area contributed by atoms with Crippen LogP contribution in [-0.4, -0.2) is 25.7 Å². The molecule has 7 nitrogen and oxygen atoms in total. The van der Waals surface area contributed by atoms with Gasteiger partial charge in [0.2, 0.25) is 6.79 Å². The molecule has 0 aromatic heterocycles. The zero-order chi connectivity index (χ0) is 22.3. The Bertz CT molecular complexity index is 1160. The van der Waals surface area contributed by atoms with Gasteiger partial charge in [-0.05, 0) is 41.5 Å². The third-order valence-corrected chi connectivity index (χ3v) is 4.85. The minimum atomic E-state index is -0.454. The first-order chi connectivity index (χ1) is 15.6. The molecule has 0 saturated carbocycles. The number of ether oxygens (including phenoxy) is 3. The number of methoxy groups -OCH3 is 1. The van der Waals surface area contributed by atoms with E-state index >= 15 is 0 Å². The number of hydrogen-bond acceptors (Lipinski definition) is 5. The standard InChI is InChI=1S/C25H22N2O5/c1-30-21-10-6-5-9-19(21)24(28)27-20(25(29)26-15-17-7-3-2-4-8-17)13-18-11-12-22-23(14-18)32-16-31-22/h2-14H,15-16H2,1H3,(H,26,29)(H,27,28)/b20-13-. The molecule has 4 rings (SSSR count). The SMILES string of the molecule is COc1ccccc1C(=O)N/C(=C\c1ccc2c(c1)OCO2)C(=O)NCc1ccccc1. The van der Waals surface area contributed by atoms with Gasteiger partial charge in [-0.25, -0.2) is 0 Å². The zero-order valence-electron chi connectivity index (χ0n) is 17.5. The lowest BCUT2D eigenvalue weighted by molar-refractivity contribution is -0.117. The molecule has 0 fully saturated rings. The molecule has 32 heavy (non-hydrogen) atoms. The Morgan fingerprint density at radius 3 is 2.53 bits per heavy atom. The molecule has 1 heterocycles. The quantitative estimate of drug-likeness (QED) is 0.561. The highest BCUT2D eigenvalue weighted by molar-refractivity contribution is 6.06. The van der Waals surface area contributed by atoms with Crippen molar-refractivity contribution in [2.45, 2.75) is 6.54 Å². The third-order valence-electron chi connectivity index (χ3n) is 4.85. The normalized spacial score (nSPS) is 12.2. The van der Waals surface area contributed by atoms with E-state index in [1.807, 2.05) is 30.3 Å². The number of para-hydroxylation sites is 1. The molecular formula is C25H22N2O5. The monoisotopic (exact) mass is 430 g/mol. The van der Waals surface area contributed by atoms with E-state index in [9.17, 15) is 9.59 Å². The van der Waals surface area contributed by atoms with Gasteiger partial charge < -0.3 is 24.8 Å². The summed E-state index contributed by atoms with van der Waals surface area (Å²) in [5.74, 6) is 0.755. The fourth-order valence-corrected chi connectivity index (χ4v) is 3.22. The summed E-state index contributed by atoms with van der Waals surface area (Å²) in [6, 6.07) is 21.6. The van der Waals surface area contributed by atoms with Crippen molar-refractivity contribution in [3.63, 3.8) is 0 Å². The number of hydrogen-bond donors (Lipinski definition) is 2. The summed E-state index contributed by atoms with van der Waals surface area (Å²) in [7, 11) is 1.49. The first-order valence-electron chi connectivity index (χ1n) is 10.0. The van der Waals surface area contributed by atoms with E-state index < -0.39 is 11.8 Å². The molecular weight excluding hydrogens is 408 g/mol. The minimum absolute atomic E-state index is 0.0932. The van der Waals surface area contributed by atoms with Crippen LogP contribution in [0.4, 0.5) is 0 Å². The van der Waals surface area contributed by atoms with Gasteiger partial charge in [-0.15, -0.1) is 0 Å². The first-order valence-corrected chi connectivity index (χ1v) is 10.0. The molecule has 1 aliphatic rings. The summed E-state index contributed by atoms with van der Waals surface area (Å²) >= 11 is 0. The van der Waals surface area contributed by atoms with Crippen molar-refractivity contribution in [2.24, 2.45) is 0 Å². The van der Waals surface area contributed by atoms with Crippen molar-refractivity contribution >= 4 is 17.9 Å². The molecule has 3 aromatic carbocycles. The molecule has 0 radical (unpaired) electrons. The van der Waals surface area contributed by atoms with Gasteiger partial charge in [0.1, 0.15) is 11.4 Å². The van der Waals surface area contributed by atoms with Crippen LogP contribution in [0.3, 0.4) is 0 Å². The Morgan fingerprint density at radius 1 is 0.969 bits per heavy atom. The van der Waals surface area contributed by atoms with E-state index in [-0.39, 0.29) is 12.5 Å². The van der Waals surface area contributed by atoms with E-state index in [0.29, 0.717) is 34.9 Å². The smallest absolute Gasteiger partial charge is 0.268 e. The van der Waals surface area contributed by atoms with E-state index in [1.165, 1.54) is 7.11 Å². The van der Waals surface area contributed by atoms with E-state index in [1.54, 1.807) is 48.5 Å². The number of rotatable bonds is 7. The van der Waals surface area contributed by atoms with Crippen molar-refractivity contribution in [1.29, 1.82) is 0 Å². The van der Waals surface area contributed by atoms with Crippen LogP contribution in [0.2, 0.25) is 0 Å². The van der Waals surface area contributed by atoms with Gasteiger partial charge in [0, 0.05) is 6.54 Å². The minimum Gasteiger partial charge on any atom is -0.496 e. The van der Waals surface area contributed by atoms with Gasteiger partial charge in [-0.3, -0.25) is 9.59 Å². The van der Waals surface area contributed by atoms with E-state index in [2.05, 4.69) is 10.6 Å². The molecule has 162 valence electrons. The summed E-state index contributed by atoms with van der Waals surface area (Å²) in [6.45, 7) is 0.472. The Labute approximate surface area is 185 Å². The van der Waals surface area contributed by atoms with Gasteiger partial charge in [-0.2, -0.15) is 0 Å². The van der Waals surface area contributed by atoms with Gasteiger partial charge >= 0.3 is 0 Å². The molecule has 2 amide bonds. The second kappa shape index (κ2) is 9.70. The highest BCUT2D eigenvalue weighted by Crippen LogP contribution is 2.33. The topological polar surface area (TPSA) is 85.9 Å². The average Bonchev–Trinajstić information content (AvgIpc) is 3.30. The number of carbonyl (C=O) groups is 2. The highest BCUT2D eigenvalue weighted by atomic mass is 16.7. The molecule has 3 aromatic rings. The molecule has 0 bridgehead atoms. The molecule has 1 aliphatic heterocycles. The molecule has 2 N–H and O–H groups in total. The predicted octanol–water partition coefficient (Wildman–Crippen LogP) is 3.51. The zero-order valence-corrected chi connectivity index (χ0v) is 17.5. The number of benzene rings is 3. The Kier molecular flexibility index (Phi) is 6.36. The number of carbonyl (C=O) groups excluding carboxylic acids is 2. The number of nitrogens with one attached hydrogen (secondary N) is 2. The van der Waals surface area contributed by atoms with Crippen molar-refractivity contribution < 1.29 is 23.8 Å². The lowest BCUT2D eigenvalue weighted by Crippen LogP contribution is -2.34. The van der Waals surface area contributed by atoms with Crippen LogP contribution in [0, 0.1) is 0 Å². The molecule has 0 aliphatic carbocycles. The third kappa shape index (κ3) is 4.89. The van der Waals surface area contributed by atoms with Crippen molar-refractivity contribution in [1.82, 2.24) is 10.6 Å². The van der Waals surface area contributed by atoms with Crippen LogP contribution < -0.4 is 24.8 Å². The van der Waals surface area contributed by atoms with Crippen LogP contribution in [0.15, 0.2) is 78.5 Å². The molecule has 0 unspecified atom stereocenters. The van der Waals surface area contributed by atoms with Crippen molar-refractivity contribution in [3.8, 4) is 17.2 Å². The van der Waals surface area contributed by atoms with Crippen LogP contribution in [-0.2, 0) is 11.3 Å². The number of fused-ring (bicyclic) bond motifs is 1. The largest absolute Gasteiger partial charge is 0.496 e. The molecule has 0 atom stereocenters.